The van der Waals surface area contributed by atoms with Gasteiger partial charge in [-0.2, -0.15) is 0 Å². The highest BCUT2D eigenvalue weighted by Gasteiger charge is 2.47. The molecule has 0 aromatic heterocycles. The van der Waals surface area contributed by atoms with Crippen LogP contribution in [0.25, 0.3) is 0 Å². The van der Waals surface area contributed by atoms with E-state index in [1.165, 1.54) is 19.8 Å². The molecule has 0 aromatic rings. The number of hydrogen-bond acceptors (Lipinski definition) is 3. The Morgan fingerprint density at radius 3 is 2.10 bits per heavy atom. The van der Waals surface area contributed by atoms with E-state index in [9.17, 15) is 9.59 Å². The van der Waals surface area contributed by atoms with E-state index in [1.54, 1.807) is 0 Å². The summed E-state index contributed by atoms with van der Waals surface area (Å²) < 4.78 is 0. The quantitative estimate of drug-likeness (QED) is 0.605. The van der Waals surface area contributed by atoms with Gasteiger partial charge >= 0.3 is 0 Å². The molecule has 0 saturated carbocycles. The van der Waals surface area contributed by atoms with Crippen LogP contribution in [0.1, 0.15) is 73.6 Å². The molecular weight excluding hydrogens is 264 g/mol. The molecule has 0 atom stereocenters. The van der Waals surface area contributed by atoms with Crippen molar-refractivity contribution >= 4 is 11.7 Å². The standard InChI is InChI=1S/C17H32N2O2/c1-7-8-9-18-14-11-16(3,4)19(17(5,6)12-14)15(21)10-13(2)20/h14,18H,7-12H2,1-6H3. The first-order chi connectivity index (χ1) is 9.60. The Bertz CT molecular complexity index is 370. The summed E-state index contributed by atoms with van der Waals surface area (Å²) in [6.45, 7) is 13.2. The zero-order valence-electron chi connectivity index (χ0n) is 14.6. The van der Waals surface area contributed by atoms with Crippen LogP contribution < -0.4 is 5.32 Å². The number of amides is 1. The lowest BCUT2D eigenvalue weighted by Gasteiger charge is -2.55. The number of likely N-dealkylation sites (tertiary alicyclic amines) is 1. The zero-order chi connectivity index (χ0) is 16.3. The van der Waals surface area contributed by atoms with Crippen molar-refractivity contribution in [2.75, 3.05) is 6.54 Å². The average Bonchev–Trinajstić information content (AvgIpc) is 2.24. The minimum Gasteiger partial charge on any atom is -0.332 e. The van der Waals surface area contributed by atoms with Crippen molar-refractivity contribution in [2.24, 2.45) is 0 Å². The number of piperidine rings is 1. The minimum atomic E-state index is -0.224. The van der Waals surface area contributed by atoms with E-state index in [-0.39, 0.29) is 29.2 Å². The fourth-order valence-corrected chi connectivity index (χ4v) is 3.87. The molecule has 1 aliphatic heterocycles. The predicted molar refractivity (Wildman–Crippen MR) is 86.2 cm³/mol. The van der Waals surface area contributed by atoms with Gasteiger partial charge < -0.3 is 10.2 Å². The molecule has 21 heavy (non-hydrogen) atoms. The van der Waals surface area contributed by atoms with Crippen LogP contribution in [0.4, 0.5) is 0 Å². The topological polar surface area (TPSA) is 49.4 Å². The monoisotopic (exact) mass is 296 g/mol. The second-order valence-corrected chi connectivity index (χ2v) is 7.65. The summed E-state index contributed by atoms with van der Waals surface area (Å²) in [5, 5.41) is 3.63. The Labute approximate surface area is 129 Å². The first kappa shape index (κ1) is 18.1. The third kappa shape index (κ3) is 4.80. The van der Waals surface area contributed by atoms with Crippen molar-refractivity contribution in [3.63, 3.8) is 0 Å². The van der Waals surface area contributed by atoms with Gasteiger partial charge in [0.25, 0.3) is 0 Å². The van der Waals surface area contributed by atoms with Gasteiger partial charge in [-0.3, -0.25) is 9.59 Å². The molecule has 0 spiro atoms. The molecule has 4 nitrogen and oxygen atoms in total. The number of carbonyl (C=O) groups excluding carboxylic acids is 2. The number of nitrogens with zero attached hydrogens (tertiary/aromatic N) is 1. The van der Waals surface area contributed by atoms with Crippen molar-refractivity contribution in [3.8, 4) is 0 Å². The molecule has 0 aliphatic carbocycles. The molecule has 122 valence electrons. The predicted octanol–water partition coefficient (Wildman–Crippen LogP) is 2.90. The van der Waals surface area contributed by atoms with Gasteiger partial charge in [-0.25, -0.2) is 0 Å². The van der Waals surface area contributed by atoms with Gasteiger partial charge in [-0.15, -0.1) is 0 Å². The Morgan fingerprint density at radius 2 is 1.67 bits per heavy atom. The van der Waals surface area contributed by atoms with Gasteiger partial charge in [0, 0.05) is 17.1 Å². The maximum Gasteiger partial charge on any atom is 0.230 e. The molecule has 4 heteroatoms. The number of ketones is 1. The smallest absolute Gasteiger partial charge is 0.230 e. The van der Waals surface area contributed by atoms with Crippen molar-refractivity contribution < 1.29 is 9.59 Å². The molecular formula is C17H32N2O2. The van der Waals surface area contributed by atoms with Crippen LogP contribution in [-0.4, -0.2) is 40.3 Å². The molecule has 0 bridgehead atoms. The van der Waals surface area contributed by atoms with Crippen molar-refractivity contribution in [2.45, 2.75) is 90.8 Å². The SMILES string of the molecule is CCCCNC1CC(C)(C)N(C(=O)CC(C)=O)C(C)(C)C1. The molecule has 0 radical (unpaired) electrons. The third-order valence-corrected chi connectivity index (χ3v) is 4.32. The lowest BCUT2D eigenvalue weighted by atomic mass is 9.76. The Kier molecular flexibility index (Phi) is 5.97. The second kappa shape index (κ2) is 6.91. The molecule has 1 fully saturated rings. The first-order valence-corrected chi connectivity index (χ1v) is 8.16. The molecule has 1 saturated heterocycles. The number of Topliss-reactive ketones (excluding diaryl/α,β-unsaturated/α-hetero) is 1. The van der Waals surface area contributed by atoms with Crippen molar-refractivity contribution in [1.29, 1.82) is 0 Å². The van der Waals surface area contributed by atoms with Gasteiger partial charge in [-0.05, 0) is 60.4 Å². The number of unbranched alkanes of at least 4 members (excludes halogenated alkanes) is 1. The molecule has 1 aliphatic rings. The highest BCUT2D eigenvalue weighted by Crippen LogP contribution is 2.38. The van der Waals surface area contributed by atoms with E-state index < -0.39 is 0 Å². The van der Waals surface area contributed by atoms with E-state index in [2.05, 4.69) is 39.9 Å². The van der Waals surface area contributed by atoms with E-state index in [4.69, 9.17) is 0 Å². The Balaban J connectivity index is 2.83. The van der Waals surface area contributed by atoms with Crippen LogP contribution in [0.5, 0.6) is 0 Å². The van der Waals surface area contributed by atoms with Gasteiger partial charge in [0.1, 0.15) is 5.78 Å². The highest BCUT2D eigenvalue weighted by molar-refractivity contribution is 5.97. The summed E-state index contributed by atoms with van der Waals surface area (Å²) in [7, 11) is 0. The van der Waals surface area contributed by atoms with Crippen molar-refractivity contribution in [3.05, 3.63) is 0 Å². The third-order valence-electron chi connectivity index (χ3n) is 4.32. The molecule has 1 heterocycles. The van der Waals surface area contributed by atoms with Gasteiger partial charge in [0.2, 0.25) is 5.91 Å². The van der Waals surface area contributed by atoms with Crippen LogP contribution in [0.2, 0.25) is 0 Å². The van der Waals surface area contributed by atoms with E-state index in [0.717, 1.165) is 19.4 Å². The zero-order valence-corrected chi connectivity index (χ0v) is 14.6. The van der Waals surface area contributed by atoms with Crippen LogP contribution in [0, 0.1) is 0 Å². The summed E-state index contributed by atoms with van der Waals surface area (Å²) in [4.78, 5) is 25.7. The van der Waals surface area contributed by atoms with Gasteiger partial charge in [-0.1, -0.05) is 13.3 Å². The summed E-state index contributed by atoms with van der Waals surface area (Å²) in [6.07, 6.45) is 4.26. The first-order valence-electron chi connectivity index (χ1n) is 8.16. The van der Waals surface area contributed by atoms with Gasteiger partial charge in [0.15, 0.2) is 0 Å². The number of hydrogen-bond donors (Lipinski definition) is 1. The largest absolute Gasteiger partial charge is 0.332 e. The number of carbonyl (C=O) groups is 2. The maximum atomic E-state index is 12.5. The van der Waals surface area contributed by atoms with E-state index >= 15 is 0 Å². The van der Waals surface area contributed by atoms with Crippen LogP contribution in [-0.2, 0) is 9.59 Å². The van der Waals surface area contributed by atoms with E-state index in [0.29, 0.717) is 6.04 Å². The molecule has 0 aromatic carbocycles. The lowest BCUT2D eigenvalue weighted by Crippen LogP contribution is -2.65. The highest BCUT2D eigenvalue weighted by atomic mass is 16.2. The lowest BCUT2D eigenvalue weighted by molar-refractivity contribution is -0.151. The van der Waals surface area contributed by atoms with Gasteiger partial charge in [0.05, 0.1) is 6.42 Å². The second-order valence-electron chi connectivity index (χ2n) is 7.65. The van der Waals surface area contributed by atoms with Crippen molar-refractivity contribution in [1.82, 2.24) is 10.2 Å². The molecule has 1 N–H and O–H groups in total. The van der Waals surface area contributed by atoms with Crippen LogP contribution in [0.3, 0.4) is 0 Å². The van der Waals surface area contributed by atoms with Crippen LogP contribution >= 0.6 is 0 Å². The number of rotatable bonds is 6. The Morgan fingerprint density at radius 1 is 1.14 bits per heavy atom. The maximum absolute atomic E-state index is 12.5. The summed E-state index contributed by atoms with van der Waals surface area (Å²) >= 11 is 0. The minimum absolute atomic E-state index is 0.0147. The Hall–Kier alpha value is -0.900. The van der Waals surface area contributed by atoms with E-state index in [1.807, 2.05) is 4.90 Å². The molecule has 0 unspecified atom stereocenters. The summed E-state index contributed by atoms with van der Waals surface area (Å²) in [5.74, 6) is -0.0979. The normalized spacial score (nSPS) is 21.3. The molecule has 1 amide bonds. The number of nitrogens with one attached hydrogen (secondary N) is 1. The fourth-order valence-electron chi connectivity index (χ4n) is 3.87. The van der Waals surface area contributed by atoms with Crippen LogP contribution in [0.15, 0.2) is 0 Å². The molecule has 1 rings (SSSR count). The summed E-state index contributed by atoms with van der Waals surface area (Å²) in [6, 6.07) is 0.433. The summed E-state index contributed by atoms with van der Waals surface area (Å²) in [5.41, 5.74) is -0.448. The fraction of sp³-hybridized carbons (Fsp3) is 0.882. The average molecular weight is 296 g/mol.